The second-order valence-corrected chi connectivity index (χ2v) is 3.88. The number of carbonyl (C=O) groups excluding carboxylic acids is 1. The van der Waals surface area contributed by atoms with Crippen LogP contribution in [-0.2, 0) is 0 Å². The van der Waals surface area contributed by atoms with Gasteiger partial charge in [0.25, 0.3) is 5.91 Å². The molecule has 0 aliphatic carbocycles. The van der Waals surface area contributed by atoms with Crippen LogP contribution in [0.3, 0.4) is 0 Å². The van der Waals surface area contributed by atoms with Gasteiger partial charge < -0.3 is 5.73 Å². The molecule has 0 aliphatic rings. The second-order valence-electron chi connectivity index (χ2n) is 3.33. The van der Waals surface area contributed by atoms with Crippen molar-refractivity contribution in [2.24, 2.45) is 5.73 Å². The molecule has 16 heavy (non-hydrogen) atoms. The molecular weight excluding hydrogens is 222 g/mol. The van der Waals surface area contributed by atoms with Crippen molar-refractivity contribution in [3.63, 3.8) is 0 Å². The molecule has 0 amide bonds. The molecule has 5 heteroatoms. The maximum absolute atomic E-state index is 11.9. The van der Waals surface area contributed by atoms with Crippen LogP contribution in [0.15, 0.2) is 42.7 Å². The number of hydrogen-bond donors (Lipinski definition) is 2. The number of nitrogens with two attached hydrogens (primary N) is 1. The Bertz CT molecular complexity index is 494. The van der Waals surface area contributed by atoms with Crippen molar-refractivity contribution in [1.29, 1.82) is 0 Å². The number of nitrogens with zero attached hydrogens (tertiary/aromatic N) is 2. The lowest BCUT2D eigenvalue weighted by Gasteiger charge is -2.06. The third kappa shape index (κ3) is 2.15. The van der Waals surface area contributed by atoms with Gasteiger partial charge in [-0.05, 0) is 23.8 Å². The van der Waals surface area contributed by atoms with Gasteiger partial charge in [0, 0.05) is 18.0 Å². The van der Waals surface area contributed by atoms with Gasteiger partial charge in [-0.15, -0.1) is 0 Å². The van der Waals surface area contributed by atoms with E-state index in [2.05, 4.69) is 17.7 Å². The molecule has 0 spiro atoms. The third-order valence-electron chi connectivity index (χ3n) is 2.19. The molecule has 1 unspecified atom stereocenters. The predicted molar refractivity (Wildman–Crippen MR) is 64.3 cm³/mol. The lowest BCUT2D eigenvalue weighted by atomic mass is 10.1. The van der Waals surface area contributed by atoms with Crippen LogP contribution >= 0.6 is 12.6 Å². The fraction of sp³-hybridized carbons (Fsp3) is 0.0909. The van der Waals surface area contributed by atoms with E-state index in [1.807, 2.05) is 6.07 Å². The van der Waals surface area contributed by atoms with E-state index in [-0.39, 0.29) is 11.3 Å². The Balaban J connectivity index is 2.34. The van der Waals surface area contributed by atoms with E-state index in [1.165, 1.54) is 4.68 Å². The molecule has 1 heterocycles. The minimum atomic E-state index is -0.384. The normalized spacial score (nSPS) is 12.4. The molecule has 82 valence electrons. The van der Waals surface area contributed by atoms with E-state index in [0.717, 1.165) is 5.56 Å². The fourth-order valence-corrected chi connectivity index (χ4v) is 1.54. The molecule has 2 aromatic rings. The van der Waals surface area contributed by atoms with E-state index in [9.17, 15) is 4.79 Å². The highest BCUT2D eigenvalue weighted by molar-refractivity contribution is 7.80. The molecule has 2 rings (SSSR count). The zero-order valence-corrected chi connectivity index (χ0v) is 9.34. The van der Waals surface area contributed by atoms with Gasteiger partial charge in [0.1, 0.15) is 0 Å². The fourth-order valence-electron chi connectivity index (χ4n) is 1.38. The Kier molecular flexibility index (Phi) is 3.07. The van der Waals surface area contributed by atoms with E-state index in [1.54, 1.807) is 36.7 Å². The molecular formula is C11H11N3OS. The third-order valence-corrected chi connectivity index (χ3v) is 2.49. The van der Waals surface area contributed by atoms with Crippen molar-refractivity contribution in [1.82, 2.24) is 9.78 Å². The van der Waals surface area contributed by atoms with E-state index in [0.29, 0.717) is 5.56 Å². The van der Waals surface area contributed by atoms with Crippen molar-refractivity contribution in [2.75, 3.05) is 0 Å². The highest BCUT2D eigenvalue weighted by Crippen LogP contribution is 2.15. The van der Waals surface area contributed by atoms with Crippen molar-refractivity contribution in [2.45, 2.75) is 5.37 Å². The number of thiol groups is 1. The minimum absolute atomic E-state index is 0.180. The molecule has 0 saturated carbocycles. The molecule has 0 fully saturated rings. The number of carbonyl (C=O) groups is 1. The summed E-state index contributed by atoms with van der Waals surface area (Å²) in [5, 5.41) is 3.50. The van der Waals surface area contributed by atoms with Gasteiger partial charge in [0.2, 0.25) is 0 Å². The Morgan fingerprint density at radius 3 is 2.88 bits per heavy atom. The topological polar surface area (TPSA) is 60.9 Å². The summed E-state index contributed by atoms with van der Waals surface area (Å²) in [6, 6.07) is 8.76. The molecule has 1 aromatic heterocycles. The van der Waals surface area contributed by atoms with Gasteiger partial charge in [-0.1, -0.05) is 12.1 Å². The van der Waals surface area contributed by atoms with E-state index < -0.39 is 0 Å². The van der Waals surface area contributed by atoms with E-state index >= 15 is 0 Å². The maximum Gasteiger partial charge on any atom is 0.278 e. The summed E-state index contributed by atoms with van der Waals surface area (Å²) in [6.07, 6.45) is 3.17. The molecule has 2 N–H and O–H groups in total. The van der Waals surface area contributed by atoms with Gasteiger partial charge in [0.15, 0.2) is 0 Å². The zero-order valence-electron chi connectivity index (χ0n) is 8.45. The smallest absolute Gasteiger partial charge is 0.278 e. The van der Waals surface area contributed by atoms with Crippen LogP contribution in [0, 0.1) is 0 Å². The summed E-state index contributed by atoms with van der Waals surface area (Å²) >= 11 is 4.12. The molecule has 4 nitrogen and oxygen atoms in total. The van der Waals surface area contributed by atoms with Crippen molar-refractivity contribution >= 4 is 18.5 Å². The van der Waals surface area contributed by atoms with Crippen molar-refractivity contribution in [3.8, 4) is 0 Å². The van der Waals surface area contributed by atoms with Gasteiger partial charge >= 0.3 is 0 Å². The van der Waals surface area contributed by atoms with Crippen LogP contribution in [0.1, 0.15) is 21.3 Å². The Morgan fingerprint density at radius 1 is 1.44 bits per heavy atom. The maximum atomic E-state index is 11.9. The molecule has 0 saturated heterocycles. The van der Waals surface area contributed by atoms with Crippen LogP contribution in [0.5, 0.6) is 0 Å². The summed E-state index contributed by atoms with van der Waals surface area (Å²) in [7, 11) is 0. The first kappa shape index (κ1) is 10.9. The lowest BCUT2D eigenvalue weighted by Crippen LogP contribution is -2.13. The highest BCUT2D eigenvalue weighted by Gasteiger charge is 2.09. The number of benzene rings is 1. The first-order valence-electron chi connectivity index (χ1n) is 4.76. The monoisotopic (exact) mass is 233 g/mol. The largest absolute Gasteiger partial charge is 0.316 e. The van der Waals surface area contributed by atoms with Gasteiger partial charge in [-0.2, -0.15) is 17.7 Å². The average molecular weight is 233 g/mol. The van der Waals surface area contributed by atoms with Crippen LogP contribution in [0.4, 0.5) is 0 Å². The highest BCUT2D eigenvalue weighted by atomic mass is 32.1. The lowest BCUT2D eigenvalue weighted by molar-refractivity contribution is 0.0945. The number of rotatable bonds is 2. The van der Waals surface area contributed by atoms with Gasteiger partial charge in [0.05, 0.1) is 5.37 Å². The van der Waals surface area contributed by atoms with E-state index in [4.69, 9.17) is 5.73 Å². The van der Waals surface area contributed by atoms with Crippen LogP contribution in [0.2, 0.25) is 0 Å². The summed E-state index contributed by atoms with van der Waals surface area (Å²) < 4.78 is 1.28. The second kappa shape index (κ2) is 4.51. The Labute approximate surface area is 98.5 Å². The summed E-state index contributed by atoms with van der Waals surface area (Å²) in [4.78, 5) is 11.9. The van der Waals surface area contributed by atoms with Gasteiger partial charge in [-0.25, -0.2) is 4.68 Å². The summed E-state index contributed by atoms with van der Waals surface area (Å²) in [5.41, 5.74) is 6.99. The molecule has 1 aromatic carbocycles. The van der Waals surface area contributed by atoms with Crippen LogP contribution in [0.25, 0.3) is 0 Å². The van der Waals surface area contributed by atoms with Gasteiger partial charge in [-0.3, -0.25) is 4.79 Å². The van der Waals surface area contributed by atoms with Crippen LogP contribution in [-0.4, -0.2) is 15.7 Å². The molecule has 0 bridgehead atoms. The van der Waals surface area contributed by atoms with Crippen molar-refractivity contribution in [3.05, 3.63) is 53.9 Å². The Morgan fingerprint density at radius 2 is 2.25 bits per heavy atom. The summed E-state index contributed by atoms with van der Waals surface area (Å²) in [6.45, 7) is 0. The number of hydrogen-bond acceptors (Lipinski definition) is 4. The molecule has 1 atom stereocenters. The number of aromatic nitrogens is 2. The Hall–Kier alpha value is -1.59. The first-order chi connectivity index (χ1) is 7.68. The molecule has 0 radical (unpaired) electrons. The standard InChI is InChI=1S/C11H11N3OS/c12-10(16)8-3-1-4-9(7-8)11(15)14-6-2-5-13-14/h1-7,10,16H,12H2. The average Bonchev–Trinajstić information content (AvgIpc) is 2.81. The van der Waals surface area contributed by atoms with Crippen molar-refractivity contribution < 1.29 is 4.79 Å². The molecule has 0 aliphatic heterocycles. The zero-order chi connectivity index (χ0) is 11.5. The summed E-state index contributed by atoms with van der Waals surface area (Å²) in [5.74, 6) is -0.180. The quantitative estimate of drug-likeness (QED) is 0.610. The minimum Gasteiger partial charge on any atom is -0.316 e. The van der Waals surface area contributed by atoms with Crippen LogP contribution < -0.4 is 5.73 Å². The predicted octanol–water partition coefficient (Wildman–Crippen LogP) is 1.46. The SMILES string of the molecule is NC(S)c1cccc(C(=O)n2cccn2)c1. The first-order valence-corrected chi connectivity index (χ1v) is 5.28.